The standard InChI is InChI=1S/C21H23BrN4O5S/c1-13-8-9-16(32(30,31)25(3)4)11-17(13)23-18(27)12-26-19(28)21(2,24-20(26)29)14-6-5-7-15(22)10-14/h5-11H,12H2,1-4H3,(H,23,27)(H,24,29). The molecule has 2 N–H and O–H groups in total. The predicted octanol–water partition coefficient (Wildman–Crippen LogP) is 2.41. The summed E-state index contributed by atoms with van der Waals surface area (Å²) in [7, 11) is -0.872. The maximum absolute atomic E-state index is 13.0. The number of hydrogen-bond acceptors (Lipinski definition) is 5. The Labute approximate surface area is 194 Å². The third-order valence-electron chi connectivity index (χ3n) is 5.24. The van der Waals surface area contributed by atoms with Crippen LogP contribution in [0.2, 0.25) is 0 Å². The molecule has 32 heavy (non-hydrogen) atoms. The van der Waals surface area contributed by atoms with Gasteiger partial charge in [-0.3, -0.25) is 14.5 Å². The number of nitrogens with zero attached hydrogens (tertiary/aromatic N) is 2. The molecule has 2 aromatic carbocycles. The van der Waals surface area contributed by atoms with Gasteiger partial charge >= 0.3 is 6.03 Å². The van der Waals surface area contributed by atoms with Crippen LogP contribution in [-0.4, -0.2) is 56.1 Å². The number of hydrogen-bond donors (Lipinski definition) is 2. The van der Waals surface area contributed by atoms with Gasteiger partial charge in [-0.1, -0.05) is 34.1 Å². The van der Waals surface area contributed by atoms with Crippen molar-refractivity contribution in [1.29, 1.82) is 0 Å². The highest BCUT2D eigenvalue weighted by molar-refractivity contribution is 9.10. The zero-order valence-electron chi connectivity index (χ0n) is 18.0. The number of rotatable bonds is 6. The predicted molar refractivity (Wildman–Crippen MR) is 122 cm³/mol. The fourth-order valence-electron chi connectivity index (χ4n) is 3.28. The first-order chi connectivity index (χ1) is 14.9. The van der Waals surface area contributed by atoms with E-state index >= 15 is 0 Å². The molecular formula is C21H23BrN4O5S. The lowest BCUT2D eigenvalue weighted by Gasteiger charge is -2.22. The van der Waals surface area contributed by atoms with Gasteiger partial charge in [0.2, 0.25) is 15.9 Å². The van der Waals surface area contributed by atoms with Crippen molar-refractivity contribution in [1.82, 2.24) is 14.5 Å². The van der Waals surface area contributed by atoms with E-state index in [-0.39, 0.29) is 10.6 Å². The van der Waals surface area contributed by atoms with Crippen LogP contribution in [0.3, 0.4) is 0 Å². The Balaban J connectivity index is 1.80. The third kappa shape index (κ3) is 4.41. The van der Waals surface area contributed by atoms with Crippen LogP contribution in [0.5, 0.6) is 0 Å². The molecule has 1 saturated heterocycles. The maximum atomic E-state index is 13.0. The van der Waals surface area contributed by atoms with Crippen LogP contribution in [0, 0.1) is 6.92 Å². The molecule has 0 radical (unpaired) electrons. The molecule has 1 heterocycles. The summed E-state index contributed by atoms with van der Waals surface area (Å²) in [6, 6.07) is 10.7. The zero-order chi connectivity index (χ0) is 23.8. The second kappa shape index (κ2) is 8.64. The van der Waals surface area contributed by atoms with Gasteiger partial charge in [0.25, 0.3) is 5.91 Å². The molecule has 2 aromatic rings. The van der Waals surface area contributed by atoms with Gasteiger partial charge < -0.3 is 10.6 Å². The van der Waals surface area contributed by atoms with E-state index in [4.69, 9.17) is 0 Å². The van der Waals surface area contributed by atoms with Gasteiger partial charge in [0, 0.05) is 24.3 Å². The Morgan fingerprint density at radius 1 is 1.19 bits per heavy atom. The van der Waals surface area contributed by atoms with Crippen molar-refractivity contribution >= 4 is 49.5 Å². The van der Waals surface area contributed by atoms with Crippen LogP contribution >= 0.6 is 15.9 Å². The van der Waals surface area contributed by atoms with Gasteiger partial charge in [-0.2, -0.15) is 0 Å². The first-order valence-electron chi connectivity index (χ1n) is 9.59. The monoisotopic (exact) mass is 522 g/mol. The Bertz CT molecular complexity index is 1210. The molecule has 1 fully saturated rings. The van der Waals surface area contributed by atoms with E-state index in [1.54, 1.807) is 44.2 Å². The summed E-state index contributed by atoms with van der Waals surface area (Å²) in [5.41, 5.74) is 0.175. The Morgan fingerprint density at radius 2 is 1.88 bits per heavy atom. The summed E-state index contributed by atoms with van der Waals surface area (Å²) >= 11 is 3.35. The second-order valence-electron chi connectivity index (χ2n) is 7.77. The van der Waals surface area contributed by atoms with Gasteiger partial charge in [0.1, 0.15) is 12.1 Å². The molecule has 11 heteroatoms. The van der Waals surface area contributed by atoms with Crippen molar-refractivity contribution in [3.63, 3.8) is 0 Å². The van der Waals surface area contributed by atoms with E-state index < -0.39 is 40.0 Å². The van der Waals surface area contributed by atoms with Gasteiger partial charge in [0.15, 0.2) is 0 Å². The van der Waals surface area contributed by atoms with E-state index in [0.717, 1.165) is 13.7 Å². The van der Waals surface area contributed by atoms with Gasteiger partial charge in [0.05, 0.1) is 4.90 Å². The Kier molecular flexibility index (Phi) is 6.45. The molecule has 0 spiro atoms. The SMILES string of the molecule is Cc1ccc(S(=O)(=O)N(C)C)cc1NC(=O)CN1C(=O)NC(C)(c2cccc(Br)c2)C1=O. The quantitative estimate of drug-likeness (QED) is 0.565. The number of sulfonamides is 1. The highest BCUT2D eigenvalue weighted by Gasteiger charge is 2.49. The minimum Gasteiger partial charge on any atom is -0.324 e. The molecule has 0 bridgehead atoms. The third-order valence-corrected chi connectivity index (χ3v) is 7.54. The minimum atomic E-state index is -3.69. The molecule has 1 atom stereocenters. The average molecular weight is 523 g/mol. The Hall–Kier alpha value is -2.76. The maximum Gasteiger partial charge on any atom is 0.325 e. The topological polar surface area (TPSA) is 116 Å². The largest absolute Gasteiger partial charge is 0.325 e. The minimum absolute atomic E-state index is 0.0145. The van der Waals surface area contributed by atoms with Crippen molar-refractivity contribution in [3.05, 3.63) is 58.1 Å². The number of benzene rings is 2. The van der Waals surface area contributed by atoms with E-state index in [9.17, 15) is 22.8 Å². The molecular weight excluding hydrogens is 500 g/mol. The lowest BCUT2D eigenvalue weighted by Crippen LogP contribution is -2.42. The molecule has 1 aliphatic heterocycles. The summed E-state index contributed by atoms with van der Waals surface area (Å²) in [5.74, 6) is -1.19. The number of carbonyl (C=O) groups excluding carboxylic acids is 3. The summed E-state index contributed by atoms with van der Waals surface area (Å²) in [6.07, 6.45) is 0. The summed E-state index contributed by atoms with van der Waals surface area (Å²) < 4.78 is 26.6. The molecule has 0 saturated carbocycles. The van der Waals surface area contributed by atoms with Crippen LogP contribution in [0.25, 0.3) is 0 Å². The molecule has 3 rings (SSSR count). The van der Waals surface area contributed by atoms with Crippen LogP contribution < -0.4 is 10.6 Å². The van der Waals surface area contributed by atoms with Crippen LogP contribution in [-0.2, 0) is 25.2 Å². The van der Waals surface area contributed by atoms with E-state index in [1.165, 1.54) is 26.2 Å². The fourth-order valence-corrected chi connectivity index (χ4v) is 4.60. The summed E-state index contributed by atoms with van der Waals surface area (Å²) in [4.78, 5) is 39.0. The number of imide groups is 1. The van der Waals surface area contributed by atoms with Gasteiger partial charge in [-0.15, -0.1) is 0 Å². The average Bonchev–Trinajstić information content (AvgIpc) is 2.93. The smallest absolute Gasteiger partial charge is 0.324 e. The number of carbonyl (C=O) groups is 3. The molecule has 0 aliphatic carbocycles. The number of aryl methyl sites for hydroxylation is 1. The van der Waals surface area contributed by atoms with Crippen LogP contribution in [0.4, 0.5) is 10.5 Å². The second-order valence-corrected chi connectivity index (χ2v) is 10.8. The summed E-state index contributed by atoms with van der Waals surface area (Å²) in [5, 5.41) is 5.25. The van der Waals surface area contributed by atoms with Crippen molar-refractivity contribution in [3.8, 4) is 0 Å². The molecule has 9 nitrogen and oxygen atoms in total. The van der Waals surface area contributed by atoms with E-state index in [1.807, 2.05) is 0 Å². The van der Waals surface area contributed by atoms with Crippen LogP contribution in [0.1, 0.15) is 18.1 Å². The van der Waals surface area contributed by atoms with Crippen molar-refractivity contribution in [2.45, 2.75) is 24.3 Å². The molecule has 4 amide bonds. The lowest BCUT2D eigenvalue weighted by molar-refractivity contribution is -0.133. The first-order valence-corrected chi connectivity index (χ1v) is 11.8. The van der Waals surface area contributed by atoms with Gasteiger partial charge in [-0.25, -0.2) is 17.5 Å². The number of urea groups is 1. The molecule has 1 unspecified atom stereocenters. The zero-order valence-corrected chi connectivity index (χ0v) is 20.4. The van der Waals surface area contributed by atoms with E-state index in [2.05, 4.69) is 26.6 Å². The normalized spacial score (nSPS) is 18.8. The molecule has 1 aliphatic rings. The molecule has 170 valence electrons. The number of amides is 4. The molecule has 0 aromatic heterocycles. The number of halogens is 1. The van der Waals surface area contributed by atoms with Crippen molar-refractivity contribution < 1.29 is 22.8 Å². The van der Waals surface area contributed by atoms with E-state index in [0.29, 0.717) is 11.1 Å². The highest BCUT2D eigenvalue weighted by Crippen LogP contribution is 2.30. The highest BCUT2D eigenvalue weighted by atomic mass is 79.9. The number of anilines is 1. The van der Waals surface area contributed by atoms with Gasteiger partial charge in [-0.05, 0) is 49.2 Å². The van der Waals surface area contributed by atoms with Crippen molar-refractivity contribution in [2.24, 2.45) is 0 Å². The van der Waals surface area contributed by atoms with Crippen LogP contribution in [0.15, 0.2) is 51.8 Å². The lowest BCUT2D eigenvalue weighted by atomic mass is 9.92. The number of nitrogens with one attached hydrogen (secondary N) is 2. The first kappa shape index (κ1) is 23.9. The Morgan fingerprint density at radius 3 is 2.50 bits per heavy atom. The van der Waals surface area contributed by atoms with Crippen molar-refractivity contribution in [2.75, 3.05) is 26.0 Å². The fraction of sp³-hybridized carbons (Fsp3) is 0.286. The summed E-state index contributed by atoms with van der Waals surface area (Å²) in [6.45, 7) is 2.77.